The van der Waals surface area contributed by atoms with Gasteiger partial charge in [0.1, 0.15) is 11.6 Å². The molecule has 0 N–H and O–H groups in total. The zero-order chi connectivity index (χ0) is 21.6. The first kappa shape index (κ1) is 20.4. The fourth-order valence-electron chi connectivity index (χ4n) is 3.33. The first-order valence-electron chi connectivity index (χ1n) is 10.2. The molecule has 150 valence electrons. The van der Waals surface area contributed by atoms with Gasteiger partial charge >= 0.3 is 0 Å². The molecule has 0 heterocycles. The summed E-state index contributed by atoms with van der Waals surface area (Å²) in [5, 5.41) is 1.27. The summed E-state index contributed by atoms with van der Waals surface area (Å²) < 4.78 is 27.9. The Morgan fingerprint density at radius 1 is 0.645 bits per heavy atom. The Labute approximate surface area is 181 Å². The average Bonchev–Trinajstić information content (AvgIpc) is 2.79. The van der Waals surface area contributed by atoms with Crippen LogP contribution in [0.3, 0.4) is 0 Å². The van der Waals surface area contributed by atoms with Crippen LogP contribution in [0.5, 0.6) is 0 Å². The summed E-state index contributed by atoms with van der Waals surface area (Å²) in [6.07, 6.45) is 2.19. The standard InChI is InChI=1S/C29H20F2/c1-2-3-21-4-6-22(7-5-21)8-9-24-13-19-28-26(20-24)16-15-25(29(28)31)14-10-23-11-17-27(30)18-12-23/h4-7,11-13,15-20H,2-3H2,1H3. The summed E-state index contributed by atoms with van der Waals surface area (Å²) in [4.78, 5) is 0. The molecule has 0 unspecified atom stereocenters. The third-order valence-electron chi connectivity index (χ3n) is 4.98. The second-order valence-corrected chi connectivity index (χ2v) is 7.32. The van der Waals surface area contributed by atoms with E-state index in [0.717, 1.165) is 29.4 Å². The lowest BCUT2D eigenvalue weighted by Crippen LogP contribution is -1.88. The zero-order valence-corrected chi connectivity index (χ0v) is 17.2. The molecule has 0 amide bonds. The average molecular weight is 406 g/mol. The predicted molar refractivity (Wildman–Crippen MR) is 123 cm³/mol. The summed E-state index contributed by atoms with van der Waals surface area (Å²) in [6, 6.07) is 23.1. The van der Waals surface area contributed by atoms with E-state index in [1.165, 1.54) is 17.7 Å². The number of benzene rings is 4. The second-order valence-electron chi connectivity index (χ2n) is 7.32. The van der Waals surface area contributed by atoms with Crippen molar-refractivity contribution in [3.8, 4) is 23.7 Å². The smallest absolute Gasteiger partial charge is 0.146 e. The highest BCUT2D eigenvalue weighted by Gasteiger charge is 2.06. The molecule has 0 nitrogen and oxygen atoms in total. The van der Waals surface area contributed by atoms with Gasteiger partial charge in [0, 0.05) is 22.1 Å². The van der Waals surface area contributed by atoms with Gasteiger partial charge in [-0.2, -0.15) is 0 Å². The molecule has 0 radical (unpaired) electrons. The largest absolute Gasteiger partial charge is 0.207 e. The van der Waals surface area contributed by atoms with Gasteiger partial charge in [-0.15, -0.1) is 0 Å². The van der Waals surface area contributed by atoms with E-state index in [4.69, 9.17) is 0 Å². The lowest BCUT2D eigenvalue weighted by atomic mass is 10.0. The molecule has 2 heteroatoms. The minimum absolute atomic E-state index is 0.308. The number of aryl methyl sites for hydroxylation is 1. The van der Waals surface area contributed by atoms with Crippen LogP contribution in [-0.2, 0) is 6.42 Å². The van der Waals surface area contributed by atoms with Crippen LogP contribution in [0.25, 0.3) is 10.8 Å². The predicted octanol–water partition coefficient (Wildman–Crippen LogP) is 6.87. The van der Waals surface area contributed by atoms with Crippen molar-refractivity contribution in [2.45, 2.75) is 19.8 Å². The third-order valence-corrected chi connectivity index (χ3v) is 4.98. The van der Waals surface area contributed by atoms with Gasteiger partial charge in [-0.25, -0.2) is 8.78 Å². The molecular formula is C29H20F2. The third kappa shape index (κ3) is 5.00. The van der Waals surface area contributed by atoms with Gasteiger partial charge in [-0.3, -0.25) is 0 Å². The summed E-state index contributed by atoms with van der Waals surface area (Å²) in [5.41, 5.74) is 4.04. The molecule has 0 aliphatic rings. The maximum Gasteiger partial charge on any atom is 0.146 e. The highest BCUT2D eigenvalue weighted by atomic mass is 19.1. The molecule has 4 aromatic carbocycles. The van der Waals surface area contributed by atoms with Gasteiger partial charge in [0.25, 0.3) is 0 Å². The number of halogens is 2. The minimum atomic E-state index is -0.363. The van der Waals surface area contributed by atoms with Crippen LogP contribution in [0.15, 0.2) is 78.9 Å². The first-order valence-corrected chi connectivity index (χ1v) is 10.2. The van der Waals surface area contributed by atoms with Crippen molar-refractivity contribution in [3.63, 3.8) is 0 Å². The van der Waals surface area contributed by atoms with Gasteiger partial charge in [-0.05, 0) is 72.0 Å². The SMILES string of the molecule is CCCc1ccc(C#Cc2ccc3c(F)c(C#Cc4ccc(F)cc4)ccc3c2)cc1. The number of fused-ring (bicyclic) bond motifs is 1. The second kappa shape index (κ2) is 9.29. The first-order chi connectivity index (χ1) is 15.1. The molecule has 4 rings (SSSR count). The van der Waals surface area contributed by atoms with Crippen LogP contribution in [0.1, 0.15) is 41.2 Å². The normalized spacial score (nSPS) is 10.2. The number of hydrogen-bond donors (Lipinski definition) is 0. The van der Waals surface area contributed by atoms with Crippen molar-refractivity contribution in [2.24, 2.45) is 0 Å². The summed E-state index contributed by atoms with van der Waals surface area (Å²) >= 11 is 0. The number of rotatable bonds is 2. The molecule has 0 bridgehead atoms. The van der Waals surface area contributed by atoms with E-state index in [-0.39, 0.29) is 11.6 Å². The number of hydrogen-bond acceptors (Lipinski definition) is 0. The van der Waals surface area contributed by atoms with Crippen LogP contribution in [0, 0.1) is 35.3 Å². The molecule has 31 heavy (non-hydrogen) atoms. The minimum Gasteiger partial charge on any atom is -0.207 e. The monoisotopic (exact) mass is 406 g/mol. The van der Waals surface area contributed by atoms with Crippen molar-refractivity contribution >= 4 is 10.8 Å². The molecule has 0 spiro atoms. The van der Waals surface area contributed by atoms with Crippen molar-refractivity contribution in [1.29, 1.82) is 0 Å². The van der Waals surface area contributed by atoms with Crippen LogP contribution in [-0.4, -0.2) is 0 Å². The summed E-state index contributed by atoms with van der Waals surface area (Å²) in [5.74, 6) is 11.4. The zero-order valence-electron chi connectivity index (χ0n) is 17.2. The Hall–Kier alpha value is -3.88. The molecule has 0 aliphatic carbocycles. The van der Waals surface area contributed by atoms with Crippen LogP contribution in [0.2, 0.25) is 0 Å². The van der Waals surface area contributed by atoms with Crippen LogP contribution >= 0.6 is 0 Å². The quantitative estimate of drug-likeness (QED) is 0.319. The van der Waals surface area contributed by atoms with Gasteiger partial charge in [0.2, 0.25) is 0 Å². The van der Waals surface area contributed by atoms with E-state index in [1.54, 1.807) is 24.3 Å². The molecule has 0 fully saturated rings. The molecule has 4 aromatic rings. The highest BCUT2D eigenvalue weighted by Crippen LogP contribution is 2.22. The molecule has 0 aromatic heterocycles. The van der Waals surface area contributed by atoms with Crippen molar-refractivity contribution < 1.29 is 8.78 Å². The van der Waals surface area contributed by atoms with Gasteiger partial charge in [0.05, 0.1) is 5.56 Å². The Balaban J connectivity index is 1.58. The summed E-state index contributed by atoms with van der Waals surface area (Å²) in [7, 11) is 0. The Morgan fingerprint density at radius 3 is 1.97 bits per heavy atom. The van der Waals surface area contributed by atoms with Gasteiger partial charge in [0.15, 0.2) is 0 Å². The highest BCUT2D eigenvalue weighted by molar-refractivity contribution is 5.86. The van der Waals surface area contributed by atoms with E-state index in [1.807, 2.05) is 30.3 Å². The van der Waals surface area contributed by atoms with E-state index in [0.29, 0.717) is 16.5 Å². The maximum absolute atomic E-state index is 14.9. The van der Waals surface area contributed by atoms with E-state index < -0.39 is 0 Å². The van der Waals surface area contributed by atoms with Crippen LogP contribution < -0.4 is 0 Å². The lowest BCUT2D eigenvalue weighted by Gasteiger charge is -2.03. The molecule has 0 atom stereocenters. The van der Waals surface area contributed by atoms with Gasteiger partial charge in [-0.1, -0.05) is 61.3 Å². The van der Waals surface area contributed by atoms with E-state index in [9.17, 15) is 8.78 Å². The maximum atomic E-state index is 14.9. The lowest BCUT2D eigenvalue weighted by molar-refractivity contribution is 0.627. The Morgan fingerprint density at radius 2 is 1.26 bits per heavy atom. The Bertz CT molecular complexity index is 1340. The van der Waals surface area contributed by atoms with E-state index >= 15 is 0 Å². The molecule has 0 saturated carbocycles. The topological polar surface area (TPSA) is 0 Å². The fourth-order valence-corrected chi connectivity index (χ4v) is 3.33. The van der Waals surface area contributed by atoms with Gasteiger partial charge < -0.3 is 0 Å². The van der Waals surface area contributed by atoms with Crippen molar-refractivity contribution in [2.75, 3.05) is 0 Å². The fraction of sp³-hybridized carbons (Fsp3) is 0.103. The van der Waals surface area contributed by atoms with Crippen molar-refractivity contribution in [3.05, 3.63) is 118 Å². The molecule has 0 aliphatic heterocycles. The van der Waals surface area contributed by atoms with Crippen LogP contribution in [0.4, 0.5) is 8.78 Å². The van der Waals surface area contributed by atoms with Crippen molar-refractivity contribution in [1.82, 2.24) is 0 Å². The molecule has 0 saturated heterocycles. The summed E-state index contributed by atoms with van der Waals surface area (Å²) in [6.45, 7) is 2.16. The Kier molecular flexibility index (Phi) is 6.11. The molecular weight excluding hydrogens is 386 g/mol. The van der Waals surface area contributed by atoms with E-state index in [2.05, 4.69) is 42.7 Å².